The lowest BCUT2D eigenvalue weighted by molar-refractivity contribution is 0.307. The highest BCUT2D eigenvalue weighted by molar-refractivity contribution is 5.90. The van der Waals surface area contributed by atoms with Crippen molar-refractivity contribution in [3.05, 3.63) is 42.0 Å². The first-order valence-corrected chi connectivity index (χ1v) is 7.98. The number of fused-ring (bicyclic) bond motifs is 1. The molecule has 0 bridgehead atoms. The van der Waals surface area contributed by atoms with Crippen molar-refractivity contribution in [2.75, 3.05) is 6.61 Å². The van der Waals surface area contributed by atoms with Crippen molar-refractivity contribution >= 4 is 10.8 Å². The van der Waals surface area contributed by atoms with E-state index < -0.39 is 0 Å². The maximum Gasteiger partial charge on any atom is 0.142 e. The Morgan fingerprint density at radius 1 is 0.952 bits per heavy atom. The topological polar surface area (TPSA) is 9.23 Å². The van der Waals surface area contributed by atoms with Crippen LogP contribution in [0.2, 0.25) is 0 Å². The average molecular weight is 280 g/mol. The van der Waals surface area contributed by atoms with Gasteiger partial charge in [-0.15, -0.1) is 6.42 Å². The molecule has 0 aliphatic heterocycles. The summed E-state index contributed by atoms with van der Waals surface area (Å²) < 4.78 is 6.01. The molecule has 0 atom stereocenters. The monoisotopic (exact) mass is 280 g/mol. The maximum atomic E-state index is 6.01. The molecule has 0 radical (unpaired) electrons. The predicted molar refractivity (Wildman–Crippen MR) is 90.8 cm³/mol. The van der Waals surface area contributed by atoms with Crippen LogP contribution in [0.15, 0.2) is 36.4 Å². The Morgan fingerprint density at radius 2 is 1.71 bits per heavy atom. The van der Waals surface area contributed by atoms with Gasteiger partial charge in [-0.05, 0) is 17.9 Å². The Kier molecular flexibility index (Phi) is 6.16. The molecule has 0 heterocycles. The average Bonchev–Trinajstić information content (AvgIpc) is 2.54. The highest BCUT2D eigenvalue weighted by atomic mass is 16.5. The van der Waals surface area contributed by atoms with E-state index in [2.05, 4.69) is 31.0 Å². The molecule has 0 aliphatic carbocycles. The number of unbranched alkanes of at least 4 members (excludes halogenated alkanes) is 5. The van der Waals surface area contributed by atoms with Crippen molar-refractivity contribution < 1.29 is 4.74 Å². The van der Waals surface area contributed by atoms with E-state index in [1.54, 1.807) is 0 Å². The van der Waals surface area contributed by atoms with Gasteiger partial charge in [0.05, 0.1) is 12.2 Å². The quantitative estimate of drug-likeness (QED) is 0.454. The fraction of sp³-hybridized carbons (Fsp3) is 0.400. The van der Waals surface area contributed by atoms with Gasteiger partial charge in [-0.3, -0.25) is 0 Å². The minimum absolute atomic E-state index is 0.745. The van der Waals surface area contributed by atoms with Gasteiger partial charge < -0.3 is 4.74 Å². The molecule has 0 amide bonds. The molecule has 0 saturated carbocycles. The summed E-state index contributed by atoms with van der Waals surface area (Å²) in [5.74, 6) is 3.60. The molecule has 0 spiro atoms. The zero-order chi connectivity index (χ0) is 14.9. The van der Waals surface area contributed by atoms with Crippen LogP contribution in [0.5, 0.6) is 5.75 Å². The van der Waals surface area contributed by atoms with Crippen LogP contribution < -0.4 is 4.74 Å². The molecule has 2 aromatic carbocycles. The summed E-state index contributed by atoms with van der Waals surface area (Å²) in [7, 11) is 0. The summed E-state index contributed by atoms with van der Waals surface area (Å²) >= 11 is 0. The highest BCUT2D eigenvalue weighted by Crippen LogP contribution is 2.29. The number of hydrogen-bond donors (Lipinski definition) is 0. The molecule has 2 aromatic rings. The number of ether oxygens (including phenoxy) is 1. The molecule has 0 aliphatic rings. The molecule has 1 heteroatoms. The summed E-state index contributed by atoms with van der Waals surface area (Å²) in [6, 6.07) is 12.3. The van der Waals surface area contributed by atoms with Gasteiger partial charge in [-0.2, -0.15) is 0 Å². The lowest BCUT2D eigenvalue weighted by Gasteiger charge is -2.11. The third-order valence-corrected chi connectivity index (χ3v) is 3.78. The Balaban J connectivity index is 1.96. The molecular weight excluding hydrogens is 256 g/mol. The zero-order valence-corrected chi connectivity index (χ0v) is 12.9. The van der Waals surface area contributed by atoms with Gasteiger partial charge in [0.1, 0.15) is 5.75 Å². The molecule has 0 saturated heterocycles. The van der Waals surface area contributed by atoms with Gasteiger partial charge in [0.2, 0.25) is 0 Å². The SMILES string of the molecule is C#Cc1ccc2ccccc2c1OCCCCCCCC. The Labute approximate surface area is 128 Å². The number of hydrogen-bond acceptors (Lipinski definition) is 1. The van der Waals surface area contributed by atoms with Crippen molar-refractivity contribution in [1.29, 1.82) is 0 Å². The summed E-state index contributed by atoms with van der Waals surface area (Å²) in [6.45, 7) is 2.99. The van der Waals surface area contributed by atoms with Crippen molar-refractivity contribution in [2.24, 2.45) is 0 Å². The zero-order valence-electron chi connectivity index (χ0n) is 12.9. The van der Waals surface area contributed by atoms with E-state index in [1.807, 2.05) is 18.2 Å². The first-order chi connectivity index (χ1) is 10.4. The second-order valence-electron chi connectivity index (χ2n) is 5.42. The summed E-state index contributed by atoms with van der Waals surface area (Å²) in [4.78, 5) is 0. The molecule has 0 unspecified atom stereocenters. The third-order valence-electron chi connectivity index (χ3n) is 3.78. The van der Waals surface area contributed by atoms with Crippen LogP contribution in [0, 0.1) is 12.3 Å². The fourth-order valence-corrected chi connectivity index (χ4v) is 2.57. The van der Waals surface area contributed by atoms with Crippen molar-refractivity contribution in [2.45, 2.75) is 45.4 Å². The molecule has 0 aromatic heterocycles. The summed E-state index contributed by atoms with van der Waals surface area (Å²) in [6.07, 6.45) is 13.2. The second-order valence-corrected chi connectivity index (χ2v) is 5.42. The molecule has 2 rings (SSSR count). The van der Waals surface area contributed by atoms with E-state index in [4.69, 9.17) is 11.2 Å². The lowest BCUT2D eigenvalue weighted by atomic mass is 10.1. The lowest BCUT2D eigenvalue weighted by Crippen LogP contribution is -2.00. The van der Waals surface area contributed by atoms with E-state index in [-0.39, 0.29) is 0 Å². The van der Waals surface area contributed by atoms with E-state index in [9.17, 15) is 0 Å². The molecular formula is C20H24O. The van der Waals surface area contributed by atoms with Crippen LogP contribution in [-0.2, 0) is 0 Å². The van der Waals surface area contributed by atoms with Crippen molar-refractivity contribution in [3.8, 4) is 18.1 Å². The number of benzene rings is 2. The first-order valence-electron chi connectivity index (χ1n) is 7.98. The van der Waals surface area contributed by atoms with Gasteiger partial charge >= 0.3 is 0 Å². The van der Waals surface area contributed by atoms with Crippen LogP contribution >= 0.6 is 0 Å². The van der Waals surface area contributed by atoms with Gasteiger partial charge in [0.25, 0.3) is 0 Å². The van der Waals surface area contributed by atoms with Gasteiger partial charge in [-0.1, -0.05) is 75.3 Å². The Morgan fingerprint density at radius 3 is 2.52 bits per heavy atom. The Hall–Kier alpha value is -1.94. The van der Waals surface area contributed by atoms with Crippen LogP contribution in [-0.4, -0.2) is 6.61 Å². The minimum Gasteiger partial charge on any atom is -0.492 e. The van der Waals surface area contributed by atoms with E-state index in [0.29, 0.717) is 0 Å². The largest absolute Gasteiger partial charge is 0.492 e. The van der Waals surface area contributed by atoms with E-state index in [1.165, 1.54) is 37.5 Å². The van der Waals surface area contributed by atoms with Crippen LogP contribution in [0.4, 0.5) is 0 Å². The number of terminal acetylenes is 1. The van der Waals surface area contributed by atoms with E-state index >= 15 is 0 Å². The van der Waals surface area contributed by atoms with Crippen molar-refractivity contribution in [1.82, 2.24) is 0 Å². The van der Waals surface area contributed by atoms with Crippen molar-refractivity contribution in [3.63, 3.8) is 0 Å². The molecule has 1 nitrogen and oxygen atoms in total. The molecule has 110 valence electrons. The van der Waals surface area contributed by atoms with Gasteiger partial charge in [-0.25, -0.2) is 0 Å². The molecule has 21 heavy (non-hydrogen) atoms. The van der Waals surface area contributed by atoms with Gasteiger partial charge in [0.15, 0.2) is 0 Å². The smallest absolute Gasteiger partial charge is 0.142 e. The molecule has 0 fully saturated rings. The highest BCUT2D eigenvalue weighted by Gasteiger charge is 2.07. The van der Waals surface area contributed by atoms with E-state index in [0.717, 1.165) is 29.7 Å². The summed E-state index contributed by atoms with van der Waals surface area (Å²) in [5, 5.41) is 2.29. The molecule has 0 N–H and O–H groups in total. The van der Waals surface area contributed by atoms with Crippen LogP contribution in [0.1, 0.15) is 51.0 Å². The van der Waals surface area contributed by atoms with Crippen LogP contribution in [0.25, 0.3) is 10.8 Å². The minimum atomic E-state index is 0.745. The summed E-state index contributed by atoms with van der Waals surface area (Å²) in [5.41, 5.74) is 0.847. The third kappa shape index (κ3) is 4.26. The normalized spacial score (nSPS) is 10.5. The Bertz CT molecular complexity index is 607. The maximum absolute atomic E-state index is 6.01. The van der Waals surface area contributed by atoms with Gasteiger partial charge in [0, 0.05) is 5.39 Å². The predicted octanol–water partition coefficient (Wildman–Crippen LogP) is 5.56. The number of rotatable bonds is 8. The standard InChI is InChI=1S/C20H24O/c1-3-5-6-7-8-11-16-21-20-17(4-2)14-15-18-12-9-10-13-19(18)20/h2,9-10,12-15H,3,5-8,11,16H2,1H3. The first kappa shape index (κ1) is 15.4. The second kappa shape index (κ2) is 8.37. The fourth-order valence-electron chi connectivity index (χ4n) is 2.57. The van der Waals surface area contributed by atoms with Crippen LogP contribution in [0.3, 0.4) is 0 Å².